The molecule has 0 aliphatic rings. The lowest BCUT2D eigenvalue weighted by molar-refractivity contribution is 0.0983. The van der Waals surface area contributed by atoms with E-state index >= 15 is 0 Å². The Morgan fingerprint density at radius 3 is 2.53 bits per heavy atom. The van der Waals surface area contributed by atoms with Crippen molar-refractivity contribution >= 4 is 21.7 Å². The first-order valence-corrected chi connectivity index (χ1v) is 6.01. The normalized spacial score (nSPS) is 10.5. The Kier molecular flexibility index (Phi) is 3.38. The minimum atomic E-state index is 0.00762. The molecule has 0 aliphatic carbocycles. The third-order valence-corrected chi connectivity index (χ3v) is 3.07. The standard InChI is InChI=1S/C12H12BrN3O/c1-8-3-5-9(6-4-8)7-10(17)11-12(13)14-15-16(11)2/h3-6H,7H2,1-2H3. The molecular formula is C12H12BrN3O. The minimum Gasteiger partial charge on any atom is -0.292 e. The van der Waals surface area contributed by atoms with Crippen LogP contribution >= 0.6 is 15.9 Å². The van der Waals surface area contributed by atoms with Gasteiger partial charge < -0.3 is 0 Å². The molecule has 0 bridgehead atoms. The molecule has 0 atom stereocenters. The average molecular weight is 294 g/mol. The largest absolute Gasteiger partial charge is 0.292 e. The van der Waals surface area contributed by atoms with Crippen molar-refractivity contribution in [1.82, 2.24) is 15.0 Å². The van der Waals surface area contributed by atoms with E-state index in [0.717, 1.165) is 5.56 Å². The summed E-state index contributed by atoms with van der Waals surface area (Å²) in [5.74, 6) is 0.00762. The lowest BCUT2D eigenvalue weighted by Gasteiger charge is -2.02. The molecule has 5 heteroatoms. The maximum atomic E-state index is 12.1. The minimum absolute atomic E-state index is 0.00762. The Morgan fingerprint density at radius 1 is 1.35 bits per heavy atom. The molecule has 0 fully saturated rings. The van der Waals surface area contributed by atoms with Crippen molar-refractivity contribution in [2.75, 3.05) is 0 Å². The fourth-order valence-corrected chi connectivity index (χ4v) is 2.15. The Bertz CT molecular complexity index is 526. The highest BCUT2D eigenvalue weighted by Gasteiger charge is 2.16. The summed E-state index contributed by atoms with van der Waals surface area (Å²) in [5.41, 5.74) is 2.68. The number of aryl methyl sites for hydroxylation is 2. The molecule has 0 unspecified atom stereocenters. The fourth-order valence-electron chi connectivity index (χ4n) is 1.60. The molecule has 0 saturated heterocycles. The van der Waals surface area contributed by atoms with Crippen LogP contribution in [-0.4, -0.2) is 20.8 Å². The topological polar surface area (TPSA) is 47.8 Å². The average Bonchev–Trinajstić information content (AvgIpc) is 2.62. The summed E-state index contributed by atoms with van der Waals surface area (Å²) in [7, 11) is 1.71. The van der Waals surface area contributed by atoms with Gasteiger partial charge in [0.1, 0.15) is 5.69 Å². The fraction of sp³-hybridized carbons (Fsp3) is 0.250. The van der Waals surface area contributed by atoms with Crippen molar-refractivity contribution in [1.29, 1.82) is 0 Å². The quantitative estimate of drug-likeness (QED) is 0.816. The van der Waals surface area contributed by atoms with E-state index in [1.54, 1.807) is 7.05 Å². The summed E-state index contributed by atoms with van der Waals surface area (Å²) in [6.45, 7) is 2.02. The first-order chi connectivity index (χ1) is 8.08. The summed E-state index contributed by atoms with van der Waals surface area (Å²) in [5, 5.41) is 7.59. The molecule has 88 valence electrons. The van der Waals surface area contributed by atoms with Gasteiger partial charge in [0.15, 0.2) is 10.4 Å². The molecule has 0 radical (unpaired) electrons. The molecule has 0 amide bonds. The van der Waals surface area contributed by atoms with E-state index in [1.807, 2.05) is 31.2 Å². The first kappa shape index (κ1) is 12.0. The lowest BCUT2D eigenvalue weighted by Crippen LogP contribution is -2.10. The SMILES string of the molecule is Cc1ccc(CC(=O)c2c(Br)nnn2C)cc1. The lowest BCUT2D eigenvalue weighted by atomic mass is 10.1. The van der Waals surface area contributed by atoms with Gasteiger partial charge in [0.05, 0.1) is 0 Å². The Hall–Kier alpha value is -1.49. The van der Waals surface area contributed by atoms with Gasteiger partial charge in [-0.25, -0.2) is 4.68 Å². The Morgan fingerprint density at radius 2 is 2.00 bits per heavy atom. The molecule has 17 heavy (non-hydrogen) atoms. The number of carbonyl (C=O) groups is 1. The zero-order valence-electron chi connectivity index (χ0n) is 9.64. The van der Waals surface area contributed by atoms with Gasteiger partial charge >= 0.3 is 0 Å². The Labute approximate surface area is 108 Å². The highest BCUT2D eigenvalue weighted by Crippen LogP contribution is 2.15. The van der Waals surface area contributed by atoms with Crippen molar-refractivity contribution in [3.8, 4) is 0 Å². The van der Waals surface area contributed by atoms with Crippen LogP contribution in [0.25, 0.3) is 0 Å². The maximum Gasteiger partial charge on any atom is 0.188 e. The molecule has 2 rings (SSSR count). The number of benzene rings is 1. The van der Waals surface area contributed by atoms with Crippen molar-refractivity contribution in [3.63, 3.8) is 0 Å². The van der Waals surface area contributed by atoms with Crippen molar-refractivity contribution in [2.45, 2.75) is 13.3 Å². The molecule has 2 aromatic rings. The highest BCUT2D eigenvalue weighted by molar-refractivity contribution is 9.10. The van der Waals surface area contributed by atoms with Gasteiger partial charge in [-0.3, -0.25) is 4.79 Å². The molecule has 1 aromatic carbocycles. The molecule has 0 saturated carbocycles. The molecule has 1 heterocycles. The molecule has 0 spiro atoms. The van der Waals surface area contributed by atoms with Crippen LogP contribution in [0.15, 0.2) is 28.9 Å². The second-order valence-corrected chi connectivity index (χ2v) is 4.69. The van der Waals surface area contributed by atoms with Crippen molar-refractivity contribution in [3.05, 3.63) is 45.7 Å². The number of hydrogen-bond acceptors (Lipinski definition) is 3. The van der Waals surface area contributed by atoms with E-state index in [4.69, 9.17) is 0 Å². The van der Waals surface area contributed by atoms with Crippen LogP contribution in [-0.2, 0) is 13.5 Å². The van der Waals surface area contributed by atoms with Gasteiger partial charge in [-0.1, -0.05) is 35.0 Å². The zero-order valence-corrected chi connectivity index (χ0v) is 11.2. The number of ketones is 1. The molecule has 0 N–H and O–H groups in total. The van der Waals surface area contributed by atoms with Crippen LogP contribution < -0.4 is 0 Å². The monoisotopic (exact) mass is 293 g/mol. The van der Waals surface area contributed by atoms with Crippen LogP contribution in [0.1, 0.15) is 21.6 Å². The highest BCUT2D eigenvalue weighted by atomic mass is 79.9. The maximum absolute atomic E-state index is 12.1. The van der Waals surface area contributed by atoms with Gasteiger partial charge in [-0.05, 0) is 28.4 Å². The summed E-state index contributed by atoms with van der Waals surface area (Å²) in [4.78, 5) is 12.1. The second kappa shape index (κ2) is 4.79. The molecule has 1 aromatic heterocycles. The van der Waals surface area contributed by atoms with Crippen LogP contribution in [0.2, 0.25) is 0 Å². The number of aromatic nitrogens is 3. The van der Waals surface area contributed by atoms with Gasteiger partial charge in [-0.15, -0.1) is 5.10 Å². The summed E-state index contributed by atoms with van der Waals surface area (Å²) < 4.78 is 1.98. The number of rotatable bonds is 3. The third kappa shape index (κ3) is 2.61. The van der Waals surface area contributed by atoms with Crippen LogP contribution in [0.4, 0.5) is 0 Å². The van der Waals surface area contributed by atoms with Gasteiger partial charge in [0.2, 0.25) is 0 Å². The van der Waals surface area contributed by atoms with Crippen LogP contribution in [0.3, 0.4) is 0 Å². The predicted molar refractivity (Wildman–Crippen MR) is 67.9 cm³/mol. The molecular weight excluding hydrogens is 282 g/mol. The summed E-state index contributed by atoms with van der Waals surface area (Å²) in [6, 6.07) is 7.92. The molecule has 0 aliphatic heterocycles. The number of hydrogen-bond donors (Lipinski definition) is 0. The zero-order chi connectivity index (χ0) is 12.4. The summed E-state index contributed by atoms with van der Waals surface area (Å²) >= 11 is 3.23. The predicted octanol–water partition coefficient (Wildman–Crippen LogP) is 2.31. The number of nitrogens with zero attached hydrogens (tertiary/aromatic N) is 3. The smallest absolute Gasteiger partial charge is 0.188 e. The van der Waals surface area contributed by atoms with Crippen LogP contribution in [0, 0.1) is 6.92 Å². The van der Waals surface area contributed by atoms with Gasteiger partial charge in [-0.2, -0.15) is 0 Å². The third-order valence-electron chi connectivity index (χ3n) is 2.54. The van der Waals surface area contributed by atoms with E-state index in [1.165, 1.54) is 10.2 Å². The molecule has 4 nitrogen and oxygen atoms in total. The Balaban J connectivity index is 2.20. The van der Waals surface area contributed by atoms with Crippen molar-refractivity contribution < 1.29 is 4.79 Å². The van der Waals surface area contributed by atoms with E-state index < -0.39 is 0 Å². The van der Waals surface area contributed by atoms with Gasteiger partial charge in [0.25, 0.3) is 0 Å². The summed E-state index contributed by atoms with van der Waals surface area (Å²) in [6.07, 6.45) is 0.361. The second-order valence-electron chi connectivity index (χ2n) is 3.94. The first-order valence-electron chi connectivity index (χ1n) is 5.22. The van der Waals surface area contributed by atoms with E-state index in [9.17, 15) is 4.79 Å². The number of halogens is 1. The van der Waals surface area contributed by atoms with E-state index in [2.05, 4.69) is 26.2 Å². The van der Waals surface area contributed by atoms with E-state index in [0.29, 0.717) is 16.7 Å². The van der Waals surface area contributed by atoms with Crippen LogP contribution in [0.5, 0.6) is 0 Å². The van der Waals surface area contributed by atoms with Gasteiger partial charge in [0, 0.05) is 13.5 Å². The van der Waals surface area contributed by atoms with Crippen molar-refractivity contribution in [2.24, 2.45) is 7.05 Å². The number of carbonyl (C=O) groups excluding carboxylic acids is 1. The number of Topliss-reactive ketones (excluding diaryl/α,β-unsaturated/α-hetero) is 1. The van der Waals surface area contributed by atoms with E-state index in [-0.39, 0.29) is 5.78 Å².